The van der Waals surface area contributed by atoms with Gasteiger partial charge in [0.2, 0.25) is 0 Å². The molecule has 1 saturated heterocycles. The summed E-state index contributed by atoms with van der Waals surface area (Å²) in [5, 5.41) is 30.9. The number of hydrogen-bond acceptors (Lipinski definition) is 11. The first-order valence-corrected chi connectivity index (χ1v) is 26.2. The first-order valence-electron chi connectivity index (χ1n) is 24.5. The van der Waals surface area contributed by atoms with Crippen molar-refractivity contribution in [3.05, 3.63) is 36.5 Å². The summed E-state index contributed by atoms with van der Waals surface area (Å²) < 4.78 is 54.1. The van der Waals surface area contributed by atoms with Crippen molar-refractivity contribution in [3.63, 3.8) is 0 Å². The molecule has 0 saturated carbocycles. The molecule has 1 aliphatic rings. The van der Waals surface area contributed by atoms with Gasteiger partial charge in [0.15, 0.2) is 12.4 Å². The van der Waals surface area contributed by atoms with Crippen molar-refractivity contribution in [1.82, 2.24) is 0 Å². The van der Waals surface area contributed by atoms with Crippen molar-refractivity contribution >= 4 is 22.1 Å². The van der Waals surface area contributed by atoms with Gasteiger partial charge in [0.05, 0.1) is 6.61 Å². The number of carbonyl (C=O) groups excluding carboxylic acids is 2. The monoisotopic (exact) mass is 901 g/mol. The van der Waals surface area contributed by atoms with Gasteiger partial charge in [0.25, 0.3) is 10.1 Å². The van der Waals surface area contributed by atoms with Gasteiger partial charge in [-0.3, -0.25) is 14.1 Å². The van der Waals surface area contributed by atoms with E-state index < -0.39 is 71.2 Å². The minimum absolute atomic E-state index is 0.134. The van der Waals surface area contributed by atoms with Gasteiger partial charge in [0, 0.05) is 12.8 Å². The molecular weight excluding hydrogens is 813 g/mol. The predicted molar refractivity (Wildman–Crippen MR) is 247 cm³/mol. The van der Waals surface area contributed by atoms with Crippen molar-refractivity contribution < 1.29 is 56.8 Å². The molecule has 6 atom stereocenters. The summed E-state index contributed by atoms with van der Waals surface area (Å²) >= 11 is 0. The van der Waals surface area contributed by atoms with Crippen LogP contribution in [0.2, 0.25) is 0 Å². The smallest absolute Gasteiger partial charge is 0.306 e. The van der Waals surface area contributed by atoms with Gasteiger partial charge in [-0.2, -0.15) is 8.42 Å². The van der Waals surface area contributed by atoms with Crippen LogP contribution < -0.4 is 0 Å². The molecule has 0 aromatic heterocycles. The molecule has 62 heavy (non-hydrogen) atoms. The zero-order valence-electron chi connectivity index (χ0n) is 38.7. The first-order chi connectivity index (χ1) is 30.0. The molecule has 0 aliphatic carbocycles. The van der Waals surface area contributed by atoms with Crippen LogP contribution in [0.1, 0.15) is 206 Å². The van der Waals surface area contributed by atoms with Gasteiger partial charge in [0.1, 0.15) is 36.8 Å². The second-order valence-corrected chi connectivity index (χ2v) is 18.6. The maximum absolute atomic E-state index is 12.8. The lowest BCUT2D eigenvalue weighted by Gasteiger charge is -2.40. The fourth-order valence-electron chi connectivity index (χ4n) is 7.35. The average Bonchev–Trinajstić information content (AvgIpc) is 3.24. The number of aliphatic hydroxyl groups is 3. The average molecular weight is 901 g/mol. The van der Waals surface area contributed by atoms with Crippen LogP contribution in [0.3, 0.4) is 0 Å². The summed E-state index contributed by atoms with van der Waals surface area (Å²) in [6, 6.07) is 0. The van der Waals surface area contributed by atoms with Crippen molar-refractivity contribution in [2.24, 2.45) is 0 Å². The highest BCUT2D eigenvalue weighted by Crippen LogP contribution is 2.24. The number of esters is 2. The Bertz CT molecular complexity index is 1290. The van der Waals surface area contributed by atoms with Gasteiger partial charge >= 0.3 is 11.9 Å². The maximum atomic E-state index is 12.8. The summed E-state index contributed by atoms with van der Waals surface area (Å²) in [6.45, 7) is 3.73. The van der Waals surface area contributed by atoms with Gasteiger partial charge in [-0.15, -0.1) is 0 Å². The molecule has 1 fully saturated rings. The number of carbonyl (C=O) groups is 2. The molecule has 0 aromatic carbocycles. The van der Waals surface area contributed by atoms with Gasteiger partial charge in [-0.05, 0) is 70.6 Å². The lowest BCUT2D eigenvalue weighted by molar-refractivity contribution is -0.297. The van der Waals surface area contributed by atoms with E-state index in [9.17, 15) is 37.9 Å². The number of unbranched alkanes of at least 4 members (excludes halogenated alkanes) is 23. The molecular formula is C49H88O12S. The van der Waals surface area contributed by atoms with Crippen molar-refractivity contribution in [3.8, 4) is 0 Å². The van der Waals surface area contributed by atoms with Gasteiger partial charge in [-0.25, -0.2) is 0 Å². The van der Waals surface area contributed by atoms with Gasteiger partial charge in [-0.1, -0.05) is 159 Å². The molecule has 1 heterocycles. The number of rotatable bonds is 41. The van der Waals surface area contributed by atoms with Crippen molar-refractivity contribution in [1.29, 1.82) is 0 Å². The molecule has 0 radical (unpaired) electrons. The highest BCUT2D eigenvalue weighted by molar-refractivity contribution is 7.85. The molecule has 362 valence electrons. The lowest BCUT2D eigenvalue weighted by Crippen LogP contribution is -2.60. The topological polar surface area (TPSA) is 186 Å². The Morgan fingerprint density at radius 2 is 0.968 bits per heavy atom. The normalized spacial score (nSPS) is 20.1. The third-order valence-corrected chi connectivity index (χ3v) is 11.9. The van der Waals surface area contributed by atoms with Crippen molar-refractivity contribution in [2.45, 2.75) is 243 Å². The van der Waals surface area contributed by atoms with Crippen LogP contribution in [-0.2, 0) is 38.7 Å². The van der Waals surface area contributed by atoms with E-state index in [1.165, 1.54) is 116 Å². The van der Waals surface area contributed by atoms with E-state index in [0.717, 1.165) is 51.4 Å². The van der Waals surface area contributed by atoms with Crippen LogP contribution in [0.15, 0.2) is 36.5 Å². The SMILES string of the molecule is CCCCC/C=C/C/C=C/CCCCCCCCCCCC(=O)OC[C@H](CO[C@H]1O[C@H](CS(=O)(=O)O)[C@@H](O)C(O)C1O)OC(=O)CCCC/C=C/CCCCCCCCCCC. The molecule has 0 bridgehead atoms. The predicted octanol–water partition coefficient (Wildman–Crippen LogP) is 10.6. The summed E-state index contributed by atoms with van der Waals surface area (Å²) in [6.07, 6.45) is 36.1. The van der Waals surface area contributed by atoms with Crippen LogP contribution in [0.4, 0.5) is 0 Å². The lowest BCUT2D eigenvalue weighted by atomic mass is 10.00. The van der Waals surface area contributed by atoms with Gasteiger partial charge < -0.3 is 34.3 Å². The Hall–Kier alpha value is -2.13. The Kier molecular flexibility index (Phi) is 36.6. The molecule has 4 N–H and O–H groups in total. The highest BCUT2D eigenvalue weighted by Gasteiger charge is 2.46. The van der Waals surface area contributed by atoms with E-state index in [1.54, 1.807) is 0 Å². The fraction of sp³-hybridized carbons (Fsp3) is 0.837. The molecule has 13 heteroatoms. The summed E-state index contributed by atoms with van der Waals surface area (Å²) in [7, 11) is -4.61. The van der Waals surface area contributed by atoms with E-state index in [-0.39, 0.29) is 19.4 Å². The number of hydrogen-bond donors (Lipinski definition) is 4. The number of ether oxygens (including phenoxy) is 4. The van der Waals surface area contributed by atoms with E-state index in [4.69, 9.17) is 18.9 Å². The van der Waals surface area contributed by atoms with Crippen molar-refractivity contribution in [2.75, 3.05) is 19.0 Å². The summed E-state index contributed by atoms with van der Waals surface area (Å²) in [4.78, 5) is 25.5. The molecule has 2 unspecified atom stereocenters. The largest absolute Gasteiger partial charge is 0.462 e. The Balaban J connectivity index is 2.41. The number of aliphatic hydroxyl groups excluding tert-OH is 3. The maximum Gasteiger partial charge on any atom is 0.306 e. The van der Waals surface area contributed by atoms with E-state index >= 15 is 0 Å². The van der Waals surface area contributed by atoms with E-state index in [2.05, 4.69) is 50.3 Å². The number of allylic oxidation sites excluding steroid dienone is 6. The summed E-state index contributed by atoms with van der Waals surface area (Å²) in [5.41, 5.74) is 0. The molecule has 0 spiro atoms. The standard InChI is InChI=1S/C49H88O12S/c1-3-5-7-9-11-13-15-17-19-20-21-22-24-25-27-29-31-33-35-37-44(50)58-39-42(40-59-49-48(54)47(53)46(52)43(61-49)41-62(55,56)57)60-45(51)38-36-34-32-30-28-26-23-18-16-14-12-10-8-6-4-2/h11,13,17,19,28,30,42-43,46-49,52-54H,3-10,12,14-16,18,20-27,29,31-41H2,1-2H3,(H,55,56,57)/b13-11+,19-17+,30-28+/t42-,43-,46-,47?,48?,49+/m1/s1. The molecule has 1 rings (SSSR count). The fourth-order valence-corrected chi connectivity index (χ4v) is 8.04. The first kappa shape index (κ1) is 57.9. The Morgan fingerprint density at radius 3 is 1.50 bits per heavy atom. The van der Waals surface area contributed by atoms with Crippen LogP contribution in [0.25, 0.3) is 0 Å². The third-order valence-electron chi connectivity index (χ3n) is 11.2. The molecule has 1 aliphatic heterocycles. The second kappa shape index (κ2) is 39.3. The zero-order valence-corrected chi connectivity index (χ0v) is 39.5. The van der Waals surface area contributed by atoms with E-state index in [1.807, 2.05) is 0 Å². The Labute approximate surface area is 376 Å². The quantitative estimate of drug-likeness (QED) is 0.0197. The van der Waals surface area contributed by atoms with Crippen LogP contribution in [-0.4, -0.2) is 96.0 Å². The van der Waals surface area contributed by atoms with Crippen LogP contribution >= 0.6 is 0 Å². The van der Waals surface area contributed by atoms with E-state index in [0.29, 0.717) is 12.8 Å². The molecule has 0 amide bonds. The highest BCUT2D eigenvalue weighted by atomic mass is 32.2. The zero-order chi connectivity index (χ0) is 45.5. The van der Waals surface area contributed by atoms with Crippen LogP contribution in [0, 0.1) is 0 Å². The minimum Gasteiger partial charge on any atom is -0.462 e. The molecule has 0 aromatic rings. The molecule has 12 nitrogen and oxygen atoms in total. The third kappa shape index (κ3) is 33.4. The minimum atomic E-state index is -4.61. The van der Waals surface area contributed by atoms with Crippen LogP contribution in [0.5, 0.6) is 0 Å². The Morgan fingerprint density at radius 1 is 0.548 bits per heavy atom. The second-order valence-electron chi connectivity index (χ2n) is 17.1. The summed E-state index contributed by atoms with van der Waals surface area (Å²) in [5.74, 6) is -2.01.